The lowest BCUT2D eigenvalue weighted by molar-refractivity contribution is -0.384. The number of H-pyrrole nitrogens is 1. The number of nitrogens with one attached hydrogen (secondary N) is 2. The van der Waals surface area contributed by atoms with Crippen LogP contribution in [0.1, 0.15) is 6.42 Å². The van der Waals surface area contributed by atoms with Gasteiger partial charge in [0.1, 0.15) is 0 Å². The van der Waals surface area contributed by atoms with E-state index in [0.717, 1.165) is 13.0 Å². The van der Waals surface area contributed by atoms with E-state index in [1.165, 1.54) is 12.1 Å². The summed E-state index contributed by atoms with van der Waals surface area (Å²) < 4.78 is 12.3. The van der Waals surface area contributed by atoms with Gasteiger partial charge in [0.05, 0.1) is 32.0 Å². The molecule has 2 N–H and O–H groups in total. The summed E-state index contributed by atoms with van der Waals surface area (Å²) in [7, 11) is -1.21. The van der Waals surface area contributed by atoms with E-state index < -0.39 is 15.7 Å². The minimum Gasteiger partial charge on any atom is -0.331 e. The van der Waals surface area contributed by atoms with Crippen molar-refractivity contribution in [2.45, 2.75) is 16.8 Å². The first kappa shape index (κ1) is 12.2. The molecule has 19 heavy (non-hydrogen) atoms. The molecule has 8 heteroatoms. The molecule has 0 radical (unpaired) electrons. The maximum atomic E-state index is 12.3. The summed E-state index contributed by atoms with van der Waals surface area (Å²) in [5, 5.41) is 14.3. The summed E-state index contributed by atoms with van der Waals surface area (Å²) in [4.78, 5) is 17.4. The molecule has 1 aliphatic heterocycles. The van der Waals surface area contributed by atoms with Crippen LogP contribution in [0, 0.1) is 10.1 Å². The number of nitro benzene ring substituents is 1. The van der Waals surface area contributed by atoms with E-state index in [0.29, 0.717) is 22.7 Å². The predicted molar refractivity (Wildman–Crippen MR) is 70.4 cm³/mol. The molecular formula is C11H12N4O3S. The molecule has 1 aromatic carbocycles. The first-order valence-electron chi connectivity index (χ1n) is 5.90. The van der Waals surface area contributed by atoms with Gasteiger partial charge in [0.25, 0.3) is 5.69 Å². The zero-order chi connectivity index (χ0) is 13.4. The van der Waals surface area contributed by atoms with Gasteiger partial charge in [-0.15, -0.1) is 0 Å². The molecule has 0 bridgehead atoms. The molecule has 3 rings (SSSR count). The Balaban J connectivity index is 1.96. The summed E-state index contributed by atoms with van der Waals surface area (Å²) in [6.45, 7) is 1.58. The number of fused-ring (bicyclic) bond motifs is 1. The SMILES string of the molecule is O=[N+]([O-])c1ccc2nc([S@@](=O)[C@@H]3CCNC3)[nH]c2c1. The average Bonchev–Trinajstić information content (AvgIpc) is 3.06. The molecule has 1 aromatic heterocycles. The van der Waals surface area contributed by atoms with Crippen molar-refractivity contribution in [2.75, 3.05) is 13.1 Å². The number of rotatable bonds is 3. The summed E-state index contributed by atoms with van der Waals surface area (Å²) >= 11 is 0. The average molecular weight is 280 g/mol. The number of nitro groups is 1. The molecule has 0 amide bonds. The first-order valence-corrected chi connectivity index (χ1v) is 7.12. The van der Waals surface area contributed by atoms with Crippen LogP contribution in [-0.2, 0) is 10.8 Å². The molecule has 2 heterocycles. The molecular weight excluding hydrogens is 268 g/mol. The second-order valence-corrected chi connectivity index (χ2v) is 6.06. The van der Waals surface area contributed by atoms with E-state index in [2.05, 4.69) is 15.3 Å². The maximum absolute atomic E-state index is 12.3. The summed E-state index contributed by atoms with van der Waals surface area (Å²) in [6, 6.07) is 4.38. The van der Waals surface area contributed by atoms with Gasteiger partial charge in [0, 0.05) is 18.7 Å². The highest BCUT2D eigenvalue weighted by Gasteiger charge is 2.24. The van der Waals surface area contributed by atoms with Crippen molar-refractivity contribution in [3.05, 3.63) is 28.3 Å². The Morgan fingerprint density at radius 1 is 1.47 bits per heavy atom. The second kappa shape index (κ2) is 4.71. The Kier molecular flexibility index (Phi) is 3.03. The Morgan fingerprint density at radius 2 is 2.32 bits per heavy atom. The minimum atomic E-state index is -1.21. The predicted octanol–water partition coefficient (Wildman–Crippen LogP) is 0.941. The fraction of sp³-hybridized carbons (Fsp3) is 0.364. The molecule has 1 aliphatic rings. The van der Waals surface area contributed by atoms with Crippen molar-refractivity contribution in [3.8, 4) is 0 Å². The van der Waals surface area contributed by atoms with Gasteiger partial charge in [-0.3, -0.25) is 14.3 Å². The van der Waals surface area contributed by atoms with Crippen molar-refractivity contribution >= 4 is 27.5 Å². The second-order valence-electron chi connectivity index (χ2n) is 4.41. The molecule has 2 aromatic rings. The monoisotopic (exact) mass is 280 g/mol. The van der Waals surface area contributed by atoms with Crippen LogP contribution in [0.4, 0.5) is 5.69 Å². The van der Waals surface area contributed by atoms with Crippen LogP contribution in [0.5, 0.6) is 0 Å². The van der Waals surface area contributed by atoms with Crippen LogP contribution < -0.4 is 5.32 Å². The molecule has 0 saturated carbocycles. The zero-order valence-corrected chi connectivity index (χ0v) is 10.8. The minimum absolute atomic E-state index is 0.00369. The van der Waals surface area contributed by atoms with Crippen LogP contribution in [0.2, 0.25) is 0 Å². The molecule has 0 spiro atoms. The van der Waals surface area contributed by atoms with Gasteiger partial charge < -0.3 is 10.3 Å². The van der Waals surface area contributed by atoms with Gasteiger partial charge in [0.15, 0.2) is 5.16 Å². The fourth-order valence-corrected chi connectivity index (χ4v) is 3.47. The number of imidazole rings is 1. The van der Waals surface area contributed by atoms with E-state index in [1.807, 2.05) is 0 Å². The number of hydrogen-bond donors (Lipinski definition) is 2. The van der Waals surface area contributed by atoms with Gasteiger partial charge in [-0.05, 0) is 19.0 Å². The lowest BCUT2D eigenvalue weighted by Crippen LogP contribution is -2.19. The molecule has 1 fully saturated rings. The first-order chi connectivity index (χ1) is 9.15. The Labute approximate surface area is 111 Å². The highest BCUT2D eigenvalue weighted by Crippen LogP contribution is 2.21. The molecule has 7 nitrogen and oxygen atoms in total. The van der Waals surface area contributed by atoms with E-state index >= 15 is 0 Å². The summed E-state index contributed by atoms with van der Waals surface area (Å²) in [5.41, 5.74) is 1.14. The van der Waals surface area contributed by atoms with Crippen molar-refractivity contribution < 1.29 is 9.13 Å². The van der Waals surface area contributed by atoms with Crippen LogP contribution in [0.25, 0.3) is 11.0 Å². The Bertz CT molecular complexity index is 663. The molecule has 0 aliphatic carbocycles. The smallest absolute Gasteiger partial charge is 0.271 e. The molecule has 100 valence electrons. The molecule has 2 atom stereocenters. The third-order valence-corrected chi connectivity index (χ3v) is 4.75. The normalized spacial score (nSPS) is 20.7. The molecule has 1 saturated heterocycles. The number of aromatic nitrogens is 2. The Morgan fingerprint density at radius 3 is 3.00 bits per heavy atom. The van der Waals surface area contributed by atoms with Crippen LogP contribution >= 0.6 is 0 Å². The number of benzene rings is 1. The number of aromatic amines is 1. The van der Waals surface area contributed by atoms with Crippen molar-refractivity contribution in [1.29, 1.82) is 0 Å². The molecule has 0 unspecified atom stereocenters. The van der Waals surface area contributed by atoms with Gasteiger partial charge in [-0.1, -0.05) is 0 Å². The summed E-state index contributed by atoms with van der Waals surface area (Å²) in [6.07, 6.45) is 0.851. The zero-order valence-electron chi connectivity index (χ0n) is 9.96. The highest BCUT2D eigenvalue weighted by atomic mass is 32.2. The van der Waals surface area contributed by atoms with Crippen molar-refractivity contribution in [3.63, 3.8) is 0 Å². The Hall–Kier alpha value is -1.80. The number of hydrogen-bond acceptors (Lipinski definition) is 5. The van der Waals surface area contributed by atoms with E-state index in [1.54, 1.807) is 6.07 Å². The number of nitrogens with zero attached hydrogens (tertiary/aromatic N) is 2. The van der Waals surface area contributed by atoms with E-state index in [4.69, 9.17) is 0 Å². The van der Waals surface area contributed by atoms with Gasteiger partial charge >= 0.3 is 0 Å². The van der Waals surface area contributed by atoms with E-state index in [9.17, 15) is 14.3 Å². The fourth-order valence-electron chi connectivity index (χ4n) is 2.15. The van der Waals surface area contributed by atoms with Crippen molar-refractivity contribution in [1.82, 2.24) is 15.3 Å². The lowest BCUT2D eigenvalue weighted by atomic mass is 10.3. The van der Waals surface area contributed by atoms with Gasteiger partial charge in [-0.25, -0.2) is 4.98 Å². The van der Waals surface area contributed by atoms with Gasteiger partial charge in [-0.2, -0.15) is 0 Å². The lowest BCUT2D eigenvalue weighted by Gasteiger charge is -2.04. The van der Waals surface area contributed by atoms with E-state index in [-0.39, 0.29) is 10.9 Å². The third-order valence-electron chi connectivity index (χ3n) is 3.16. The standard InChI is InChI=1S/C11H12N4O3S/c16-15(17)7-1-2-9-10(5-7)14-11(13-9)19(18)8-3-4-12-6-8/h1-2,5,8,12H,3-4,6H2,(H,13,14)/t8-,19+/m1/s1. The highest BCUT2D eigenvalue weighted by molar-refractivity contribution is 7.85. The topological polar surface area (TPSA) is 101 Å². The van der Waals surface area contributed by atoms with Crippen LogP contribution in [0.15, 0.2) is 23.4 Å². The third kappa shape index (κ3) is 2.24. The van der Waals surface area contributed by atoms with Crippen LogP contribution in [-0.4, -0.2) is 37.4 Å². The maximum Gasteiger partial charge on any atom is 0.271 e. The van der Waals surface area contributed by atoms with Crippen LogP contribution in [0.3, 0.4) is 0 Å². The van der Waals surface area contributed by atoms with Crippen molar-refractivity contribution in [2.24, 2.45) is 0 Å². The quantitative estimate of drug-likeness (QED) is 0.643. The summed E-state index contributed by atoms with van der Waals surface area (Å²) in [5.74, 6) is 0. The van der Waals surface area contributed by atoms with Gasteiger partial charge in [0.2, 0.25) is 0 Å². The number of non-ortho nitro benzene ring substituents is 1. The largest absolute Gasteiger partial charge is 0.331 e.